The highest BCUT2D eigenvalue weighted by molar-refractivity contribution is 9.10. The lowest BCUT2D eigenvalue weighted by atomic mass is 9.64. The van der Waals surface area contributed by atoms with Crippen LogP contribution in [-0.4, -0.2) is 13.7 Å². The predicted molar refractivity (Wildman–Crippen MR) is 65.2 cm³/mol. The highest BCUT2D eigenvalue weighted by Gasteiger charge is 2.38. The van der Waals surface area contributed by atoms with Gasteiger partial charge in [-0.05, 0) is 46.5 Å². The molecule has 2 nitrogen and oxygen atoms in total. The van der Waals surface area contributed by atoms with Crippen LogP contribution < -0.4 is 10.5 Å². The van der Waals surface area contributed by atoms with E-state index in [-0.39, 0.29) is 17.0 Å². The van der Waals surface area contributed by atoms with Crippen molar-refractivity contribution >= 4 is 15.9 Å². The molecule has 1 aromatic carbocycles. The van der Waals surface area contributed by atoms with Crippen LogP contribution in [0.2, 0.25) is 0 Å². The molecule has 1 aromatic rings. The van der Waals surface area contributed by atoms with Crippen LogP contribution in [0.15, 0.2) is 16.6 Å². The summed E-state index contributed by atoms with van der Waals surface area (Å²) >= 11 is 3.33. The third-order valence-corrected chi connectivity index (χ3v) is 4.11. The van der Waals surface area contributed by atoms with Crippen LogP contribution >= 0.6 is 15.9 Å². The Kier molecular flexibility index (Phi) is 3.22. The van der Waals surface area contributed by atoms with Crippen molar-refractivity contribution in [3.05, 3.63) is 28.0 Å². The quantitative estimate of drug-likeness (QED) is 0.928. The Balaban J connectivity index is 2.43. The van der Waals surface area contributed by atoms with Crippen LogP contribution in [-0.2, 0) is 5.41 Å². The van der Waals surface area contributed by atoms with Crippen molar-refractivity contribution in [3.8, 4) is 5.75 Å². The molecule has 0 radical (unpaired) electrons. The summed E-state index contributed by atoms with van der Waals surface area (Å²) in [5.74, 6) is -0.0677. The zero-order valence-electron chi connectivity index (χ0n) is 9.22. The van der Waals surface area contributed by atoms with E-state index in [1.165, 1.54) is 13.5 Å². The van der Waals surface area contributed by atoms with Gasteiger partial charge in [0.05, 0.1) is 11.6 Å². The largest absolute Gasteiger partial charge is 0.492 e. The molecule has 2 rings (SSSR count). The summed E-state index contributed by atoms with van der Waals surface area (Å²) in [5.41, 5.74) is 6.76. The van der Waals surface area contributed by atoms with Gasteiger partial charge < -0.3 is 10.5 Å². The van der Waals surface area contributed by atoms with Gasteiger partial charge in [0, 0.05) is 12.0 Å². The van der Waals surface area contributed by atoms with Gasteiger partial charge in [-0.25, -0.2) is 4.39 Å². The summed E-state index contributed by atoms with van der Waals surface area (Å²) < 4.78 is 19.4. The SMILES string of the molecule is COc1c(F)cc(C2(CN)CCC2)cc1Br. The van der Waals surface area contributed by atoms with E-state index in [1.807, 2.05) is 6.07 Å². The number of ether oxygens (including phenoxy) is 1. The molecule has 1 aliphatic carbocycles. The molecule has 0 amide bonds. The highest BCUT2D eigenvalue weighted by atomic mass is 79.9. The van der Waals surface area contributed by atoms with Crippen LogP contribution in [0.25, 0.3) is 0 Å². The number of methoxy groups -OCH3 is 1. The number of halogens is 2. The van der Waals surface area contributed by atoms with Crippen LogP contribution in [0.5, 0.6) is 5.75 Å². The molecule has 0 saturated heterocycles. The lowest BCUT2D eigenvalue weighted by Crippen LogP contribution is -2.41. The summed E-state index contributed by atoms with van der Waals surface area (Å²) in [6.45, 7) is 0.575. The maximum absolute atomic E-state index is 13.7. The normalized spacial score (nSPS) is 18.0. The Labute approximate surface area is 103 Å². The van der Waals surface area contributed by atoms with Crippen molar-refractivity contribution in [1.82, 2.24) is 0 Å². The number of hydrogen-bond acceptors (Lipinski definition) is 2. The van der Waals surface area contributed by atoms with Gasteiger partial charge in [0.2, 0.25) is 0 Å². The second-order valence-electron chi connectivity index (χ2n) is 4.31. The predicted octanol–water partition coefficient (Wildman–Crippen LogP) is 2.98. The maximum atomic E-state index is 13.7. The Morgan fingerprint density at radius 2 is 2.19 bits per heavy atom. The summed E-state index contributed by atoms with van der Waals surface area (Å²) in [6, 6.07) is 3.48. The van der Waals surface area contributed by atoms with Crippen LogP contribution in [0.3, 0.4) is 0 Å². The fourth-order valence-corrected chi connectivity index (χ4v) is 2.87. The first-order chi connectivity index (χ1) is 7.63. The van der Waals surface area contributed by atoms with E-state index in [0.717, 1.165) is 18.4 Å². The Morgan fingerprint density at radius 3 is 2.56 bits per heavy atom. The van der Waals surface area contributed by atoms with Crippen molar-refractivity contribution in [1.29, 1.82) is 0 Å². The molecule has 0 aromatic heterocycles. The Morgan fingerprint density at radius 1 is 1.50 bits per heavy atom. The lowest BCUT2D eigenvalue weighted by molar-refractivity contribution is 0.251. The van der Waals surface area contributed by atoms with Gasteiger partial charge >= 0.3 is 0 Å². The second kappa shape index (κ2) is 4.34. The smallest absolute Gasteiger partial charge is 0.168 e. The van der Waals surface area contributed by atoms with Gasteiger partial charge in [0.25, 0.3) is 0 Å². The van der Waals surface area contributed by atoms with Crippen molar-refractivity contribution < 1.29 is 9.13 Å². The molecule has 2 N–H and O–H groups in total. The number of hydrogen-bond donors (Lipinski definition) is 1. The molecule has 1 saturated carbocycles. The van der Waals surface area contributed by atoms with Gasteiger partial charge in [-0.15, -0.1) is 0 Å². The molecule has 0 spiro atoms. The van der Waals surface area contributed by atoms with E-state index in [9.17, 15) is 4.39 Å². The third kappa shape index (κ3) is 1.74. The van der Waals surface area contributed by atoms with E-state index >= 15 is 0 Å². The number of nitrogens with two attached hydrogens (primary N) is 1. The van der Waals surface area contributed by atoms with Crippen LogP contribution in [0, 0.1) is 5.82 Å². The van der Waals surface area contributed by atoms with E-state index < -0.39 is 0 Å². The number of rotatable bonds is 3. The first-order valence-corrected chi connectivity index (χ1v) is 6.16. The standard InChI is InChI=1S/C12H15BrFNO/c1-16-11-9(13)5-8(6-10(11)14)12(7-15)3-2-4-12/h5-6H,2-4,7,15H2,1H3. The molecule has 0 aliphatic heterocycles. The van der Waals surface area contributed by atoms with Gasteiger partial charge in [0.15, 0.2) is 11.6 Å². The minimum Gasteiger partial charge on any atom is -0.492 e. The second-order valence-corrected chi connectivity index (χ2v) is 5.17. The molecular formula is C12H15BrFNO. The van der Waals surface area contributed by atoms with Gasteiger partial charge in [-0.1, -0.05) is 6.42 Å². The summed E-state index contributed by atoms with van der Waals surface area (Å²) in [5, 5.41) is 0. The van der Waals surface area contributed by atoms with Crippen LogP contribution in [0.4, 0.5) is 4.39 Å². The average Bonchev–Trinajstić information content (AvgIpc) is 2.16. The molecule has 0 heterocycles. The molecule has 4 heteroatoms. The van der Waals surface area contributed by atoms with Crippen molar-refractivity contribution in [2.24, 2.45) is 5.73 Å². The minimum absolute atomic E-state index is 0.0182. The molecule has 0 unspecified atom stereocenters. The lowest BCUT2D eigenvalue weighted by Gasteiger charge is -2.41. The van der Waals surface area contributed by atoms with Crippen molar-refractivity contribution in [2.75, 3.05) is 13.7 Å². The van der Waals surface area contributed by atoms with Gasteiger partial charge in [-0.3, -0.25) is 0 Å². The zero-order valence-corrected chi connectivity index (χ0v) is 10.8. The average molecular weight is 288 g/mol. The highest BCUT2D eigenvalue weighted by Crippen LogP contribution is 2.45. The summed E-state index contributed by atoms with van der Waals surface area (Å²) in [7, 11) is 1.46. The topological polar surface area (TPSA) is 35.2 Å². The van der Waals surface area contributed by atoms with Gasteiger partial charge in [0.1, 0.15) is 0 Å². The minimum atomic E-state index is -0.327. The summed E-state index contributed by atoms with van der Waals surface area (Å²) in [4.78, 5) is 0. The summed E-state index contributed by atoms with van der Waals surface area (Å²) in [6.07, 6.45) is 3.26. The zero-order chi connectivity index (χ0) is 11.8. The van der Waals surface area contributed by atoms with Crippen molar-refractivity contribution in [2.45, 2.75) is 24.7 Å². The van der Waals surface area contributed by atoms with Crippen molar-refractivity contribution in [3.63, 3.8) is 0 Å². The van der Waals surface area contributed by atoms with E-state index in [2.05, 4.69) is 15.9 Å². The molecule has 1 aliphatic rings. The maximum Gasteiger partial charge on any atom is 0.168 e. The fraction of sp³-hybridized carbons (Fsp3) is 0.500. The van der Waals surface area contributed by atoms with E-state index in [4.69, 9.17) is 10.5 Å². The third-order valence-electron chi connectivity index (χ3n) is 3.52. The van der Waals surface area contributed by atoms with Gasteiger partial charge in [-0.2, -0.15) is 0 Å². The first kappa shape index (κ1) is 11.9. The first-order valence-electron chi connectivity index (χ1n) is 5.36. The number of benzene rings is 1. The molecule has 0 bridgehead atoms. The molecule has 88 valence electrons. The molecule has 1 fully saturated rings. The molecule has 0 atom stereocenters. The molecule has 16 heavy (non-hydrogen) atoms. The monoisotopic (exact) mass is 287 g/mol. The fourth-order valence-electron chi connectivity index (χ4n) is 2.28. The Hall–Kier alpha value is -0.610. The van der Waals surface area contributed by atoms with E-state index in [1.54, 1.807) is 6.07 Å². The van der Waals surface area contributed by atoms with E-state index in [0.29, 0.717) is 11.0 Å². The Bertz CT molecular complexity index is 375. The van der Waals surface area contributed by atoms with Crippen LogP contribution in [0.1, 0.15) is 24.8 Å². The molecular weight excluding hydrogens is 273 g/mol.